The van der Waals surface area contributed by atoms with E-state index in [1.54, 1.807) is 12.1 Å². The number of pyridine rings is 1. The second kappa shape index (κ2) is 8.79. The Morgan fingerprint density at radius 2 is 2.07 bits per heavy atom. The Morgan fingerprint density at radius 1 is 1.28 bits per heavy atom. The van der Waals surface area contributed by atoms with E-state index < -0.39 is 18.0 Å². The summed E-state index contributed by atoms with van der Waals surface area (Å²) in [5.74, 6) is -0.406. The summed E-state index contributed by atoms with van der Waals surface area (Å²) in [4.78, 5) is 15.9. The number of carbonyl (C=O) groups is 1. The van der Waals surface area contributed by atoms with Gasteiger partial charge < -0.3 is 20.9 Å². The minimum absolute atomic E-state index is 0.0300. The maximum absolute atomic E-state index is 13.0. The highest BCUT2D eigenvalue weighted by atomic mass is 19.4. The zero-order chi connectivity index (χ0) is 21.0. The molecule has 0 saturated heterocycles. The molecule has 0 aliphatic heterocycles. The van der Waals surface area contributed by atoms with Crippen molar-refractivity contribution in [1.29, 1.82) is 0 Å². The molecule has 2 atom stereocenters. The van der Waals surface area contributed by atoms with Gasteiger partial charge in [0.25, 0.3) is 5.91 Å². The van der Waals surface area contributed by atoms with Crippen molar-refractivity contribution in [2.24, 2.45) is 11.7 Å². The smallest absolute Gasteiger partial charge is 0.433 e. The van der Waals surface area contributed by atoms with Gasteiger partial charge in [-0.25, -0.2) is 4.98 Å². The number of aromatic nitrogens is 1. The van der Waals surface area contributed by atoms with E-state index in [4.69, 9.17) is 10.5 Å². The van der Waals surface area contributed by atoms with Gasteiger partial charge >= 0.3 is 6.18 Å². The molecule has 1 fully saturated rings. The van der Waals surface area contributed by atoms with Crippen molar-refractivity contribution in [2.75, 3.05) is 6.54 Å². The third-order valence-electron chi connectivity index (χ3n) is 4.85. The van der Waals surface area contributed by atoms with Crippen LogP contribution in [0.3, 0.4) is 0 Å². The fraction of sp³-hybridized carbons (Fsp3) is 0.400. The lowest BCUT2D eigenvalue weighted by Crippen LogP contribution is -2.32. The summed E-state index contributed by atoms with van der Waals surface area (Å²) < 4.78 is 44.5. The molecule has 156 valence electrons. The summed E-state index contributed by atoms with van der Waals surface area (Å²) in [5, 5.41) is 12.6. The molecule has 6 nitrogen and oxygen atoms in total. The Balaban J connectivity index is 1.72. The molecular formula is C20H22F3N3O3. The van der Waals surface area contributed by atoms with Crippen LogP contribution in [0.25, 0.3) is 0 Å². The van der Waals surface area contributed by atoms with Crippen LogP contribution in [0.2, 0.25) is 0 Å². The monoisotopic (exact) mass is 409 g/mol. The topological polar surface area (TPSA) is 97.5 Å². The number of nitrogens with two attached hydrogens (primary N) is 1. The van der Waals surface area contributed by atoms with Gasteiger partial charge in [0.1, 0.15) is 11.4 Å². The standard InChI is InChI=1S/C20H22F3N3O3/c21-20(22,23)17-7-12(10-24)8-18(26-17)29-15-5-1-3-13(9-15)19(28)25-11-14-4-2-6-16(14)27/h1,3,5,7-9,14,16,27H,2,4,6,10-11,24H2,(H,25,28)/t14?,16-/m1/s1. The number of benzene rings is 1. The zero-order valence-electron chi connectivity index (χ0n) is 15.6. The van der Waals surface area contributed by atoms with Gasteiger partial charge in [-0.05, 0) is 42.7 Å². The van der Waals surface area contributed by atoms with Gasteiger partial charge in [-0.2, -0.15) is 13.2 Å². The summed E-state index contributed by atoms with van der Waals surface area (Å²) in [5.41, 5.74) is 4.88. The van der Waals surface area contributed by atoms with Crippen LogP contribution in [0.5, 0.6) is 11.6 Å². The van der Waals surface area contributed by atoms with Crippen molar-refractivity contribution in [2.45, 2.75) is 38.1 Å². The Labute approximate surface area is 165 Å². The zero-order valence-corrected chi connectivity index (χ0v) is 15.6. The third kappa shape index (κ3) is 5.45. The first-order valence-corrected chi connectivity index (χ1v) is 9.28. The molecule has 3 rings (SSSR count). The molecule has 1 amide bonds. The molecule has 1 aliphatic rings. The highest BCUT2D eigenvalue weighted by molar-refractivity contribution is 5.94. The second-order valence-electron chi connectivity index (χ2n) is 7.00. The predicted octanol–water partition coefficient (Wildman–Crippen LogP) is 3.24. The van der Waals surface area contributed by atoms with Crippen LogP contribution in [0.1, 0.15) is 40.9 Å². The van der Waals surface area contributed by atoms with Crippen LogP contribution in [0.15, 0.2) is 36.4 Å². The lowest BCUT2D eigenvalue weighted by molar-refractivity contribution is -0.141. The van der Waals surface area contributed by atoms with Crippen LogP contribution in [0.4, 0.5) is 13.2 Å². The maximum atomic E-state index is 13.0. The molecule has 1 aromatic carbocycles. The first-order valence-electron chi connectivity index (χ1n) is 9.28. The molecule has 4 N–H and O–H groups in total. The van der Waals surface area contributed by atoms with E-state index in [0.717, 1.165) is 25.3 Å². The molecule has 1 aliphatic carbocycles. The molecule has 1 heterocycles. The van der Waals surface area contributed by atoms with Gasteiger partial charge in [0, 0.05) is 30.6 Å². The molecule has 0 radical (unpaired) electrons. The number of aliphatic hydroxyl groups excluding tert-OH is 1. The molecular weight excluding hydrogens is 387 g/mol. The number of carbonyl (C=O) groups excluding carboxylic acids is 1. The molecule has 0 bridgehead atoms. The van der Waals surface area contributed by atoms with Gasteiger partial charge in [0.15, 0.2) is 0 Å². The Hall–Kier alpha value is -2.65. The van der Waals surface area contributed by atoms with Crippen molar-refractivity contribution in [1.82, 2.24) is 10.3 Å². The number of halogens is 3. The van der Waals surface area contributed by atoms with E-state index in [0.29, 0.717) is 12.1 Å². The van der Waals surface area contributed by atoms with E-state index in [9.17, 15) is 23.1 Å². The van der Waals surface area contributed by atoms with Crippen molar-refractivity contribution in [3.63, 3.8) is 0 Å². The molecule has 2 aromatic rings. The highest BCUT2D eigenvalue weighted by Gasteiger charge is 2.33. The molecule has 29 heavy (non-hydrogen) atoms. The lowest BCUT2D eigenvalue weighted by atomic mass is 10.1. The van der Waals surface area contributed by atoms with E-state index in [1.807, 2.05) is 0 Å². The fourth-order valence-corrected chi connectivity index (χ4v) is 3.28. The number of aliphatic hydroxyl groups is 1. The highest BCUT2D eigenvalue weighted by Crippen LogP contribution is 2.31. The first kappa shape index (κ1) is 21.1. The average Bonchev–Trinajstić information content (AvgIpc) is 3.10. The van der Waals surface area contributed by atoms with E-state index >= 15 is 0 Å². The molecule has 9 heteroatoms. The van der Waals surface area contributed by atoms with E-state index in [2.05, 4.69) is 10.3 Å². The summed E-state index contributed by atoms with van der Waals surface area (Å²) >= 11 is 0. The minimum atomic E-state index is -4.63. The van der Waals surface area contributed by atoms with Crippen molar-refractivity contribution >= 4 is 5.91 Å². The summed E-state index contributed by atoms with van der Waals surface area (Å²) in [7, 11) is 0. The van der Waals surface area contributed by atoms with Gasteiger partial charge in [-0.15, -0.1) is 0 Å². The van der Waals surface area contributed by atoms with Crippen LogP contribution in [-0.4, -0.2) is 28.6 Å². The first-order chi connectivity index (χ1) is 13.8. The molecule has 1 aromatic heterocycles. The quantitative estimate of drug-likeness (QED) is 0.681. The second-order valence-corrected chi connectivity index (χ2v) is 7.00. The average molecular weight is 409 g/mol. The number of amides is 1. The molecule has 1 unspecified atom stereocenters. The number of hydrogen-bond acceptors (Lipinski definition) is 5. The van der Waals surface area contributed by atoms with Crippen molar-refractivity contribution in [3.8, 4) is 11.6 Å². The summed E-state index contributed by atoms with van der Waals surface area (Å²) in [6, 6.07) is 8.26. The normalized spacial score (nSPS) is 19.2. The van der Waals surface area contributed by atoms with Gasteiger partial charge in [0.05, 0.1) is 6.10 Å². The predicted molar refractivity (Wildman–Crippen MR) is 99.3 cm³/mol. The van der Waals surface area contributed by atoms with Crippen molar-refractivity contribution < 1.29 is 27.8 Å². The summed E-state index contributed by atoms with van der Waals surface area (Å²) in [6.07, 6.45) is -2.52. The molecule has 1 saturated carbocycles. The Kier molecular flexibility index (Phi) is 6.39. The van der Waals surface area contributed by atoms with Crippen LogP contribution < -0.4 is 15.8 Å². The number of rotatable bonds is 6. The van der Waals surface area contributed by atoms with Gasteiger partial charge in [0.2, 0.25) is 5.88 Å². The SMILES string of the molecule is NCc1cc(Oc2cccc(C(=O)NCC3CCC[C@H]3O)c2)nc(C(F)(F)F)c1. The van der Waals surface area contributed by atoms with Crippen LogP contribution >= 0.6 is 0 Å². The van der Waals surface area contributed by atoms with Crippen molar-refractivity contribution in [3.05, 3.63) is 53.2 Å². The largest absolute Gasteiger partial charge is 0.439 e. The van der Waals surface area contributed by atoms with Gasteiger partial charge in [-0.3, -0.25) is 4.79 Å². The molecule has 0 spiro atoms. The number of alkyl halides is 3. The number of nitrogens with one attached hydrogen (secondary N) is 1. The maximum Gasteiger partial charge on any atom is 0.433 e. The lowest BCUT2D eigenvalue weighted by Gasteiger charge is -2.15. The Morgan fingerprint density at radius 3 is 2.72 bits per heavy atom. The van der Waals surface area contributed by atoms with E-state index in [1.165, 1.54) is 18.2 Å². The number of hydrogen-bond donors (Lipinski definition) is 3. The number of ether oxygens (including phenoxy) is 1. The minimum Gasteiger partial charge on any atom is -0.439 e. The van der Waals surface area contributed by atoms with Gasteiger partial charge in [-0.1, -0.05) is 12.5 Å². The fourth-order valence-electron chi connectivity index (χ4n) is 3.28. The van der Waals surface area contributed by atoms with Crippen LogP contribution in [0, 0.1) is 5.92 Å². The van der Waals surface area contributed by atoms with Crippen LogP contribution in [-0.2, 0) is 12.7 Å². The third-order valence-corrected chi connectivity index (χ3v) is 4.85. The number of nitrogens with zero attached hydrogens (tertiary/aromatic N) is 1. The Bertz CT molecular complexity index is 874. The van der Waals surface area contributed by atoms with E-state index in [-0.39, 0.29) is 35.6 Å². The summed E-state index contributed by atoms with van der Waals surface area (Å²) in [6.45, 7) is 0.261.